The van der Waals surface area contributed by atoms with Crippen LogP contribution in [0.5, 0.6) is 0 Å². The highest BCUT2D eigenvalue weighted by molar-refractivity contribution is 5.82. The van der Waals surface area contributed by atoms with Gasteiger partial charge >= 0.3 is 0 Å². The highest BCUT2D eigenvalue weighted by Crippen LogP contribution is 2.26. The molecule has 0 aliphatic rings. The Bertz CT molecular complexity index is 689. The van der Waals surface area contributed by atoms with Crippen molar-refractivity contribution in [2.24, 2.45) is 0 Å². The molecule has 0 unspecified atom stereocenters. The Morgan fingerprint density at radius 2 is 1.85 bits per heavy atom. The number of rotatable bonds is 5. The Morgan fingerprint density at radius 1 is 1.05 bits per heavy atom. The third kappa shape index (κ3) is 2.58. The second-order valence-corrected chi connectivity index (χ2v) is 4.81. The first-order chi connectivity index (χ1) is 9.88. The largest absolute Gasteiger partial charge is 0.461 e. The van der Waals surface area contributed by atoms with Gasteiger partial charge < -0.3 is 9.73 Å². The predicted molar refractivity (Wildman–Crippen MR) is 80.4 cm³/mol. The minimum Gasteiger partial charge on any atom is -0.461 e. The van der Waals surface area contributed by atoms with Crippen LogP contribution in [0.15, 0.2) is 53.2 Å². The zero-order valence-corrected chi connectivity index (χ0v) is 11.6. The summed E-state index contributed by atoms with van der Waals surface area (Å²) < 4.78 is 5.90. The van der Waals surface area contributed by atoms with Gasteiger partial charge in [-0.25, -0.2) is 0 Å². The molecule has 0 saturated carbocycles. The predicted octanol–water partition coefficient (Wildman–Crippen LogP) is 3.68. The summed E-state index contributed by atoms with van der Waals surface area (Å²) >= 11 is 0. The lowest BCUT2D eigenvalue weighted by atomic mass is 10.1. The van der Waals surface area contributed by atoms with Crippen LogP contribution in [0.25, 0.3) is 11.0 Å². The summed E-state index contributed by atoms with van der Waals surface area (Å²) in [6.45, 7) is 3.79. The summed E-state index contributed by atoms with van der Waals surface area (Å²) in [6, 6.07) is 12.3. The minimum absolute atomic E-state index is 0.822. The number of hydrogen-bond donors (Lipinski definition) is 1. The van der Waals surface area contributed by atoms with Gasteiger partial charge in [0.15, 0.2) is 0 Å². The lowest BCUT2D eigenvalue weighted by Gasteiger charge is -2.05. The number of benzene rings is 1. The van der Waals surface area contributed by atoms with E-state index in [2.05, 4.69) is 29.4 Å². The van der Waals surface area contributed by atoms with E-state index in [9.17, 15) is 0 Å². The van der Waals surface area contributed by atoms with Gasteiger partial charge in [-0.3, -0.25) is 4.98 Å². The number of pyridine rings is 1. The quantitative estimate of drug-likeness (QED) is 0.765. The SMILES string of the molecule is CCc1oc2ccccc2c1CNCc1ccncc1. The number of furan rings is 1. The van der Waals surface area contributed by atoms with Crippen LogP contribution in [0.1, 0.15) is 23.8 Å². The third-order valence-electron chi connectivity index (χ3n) is 3.48. The molecular formula is C17H18N2O. The van der Waals surface area contributed by atoms with Crippen LogP contribution in [0.4, 0.5) is 0 Å². The fourth-order valence-electron chi connectivity index (χ4n) is 2.46. The molecule has 0 fully saturated rings. The van der Waals surface area contributed by atoms with E-state index in [1.165, 1.54) is 16.5 Å². The molecule has 0 aliphatic carbocycles. The molecule has 102 valence electrons. The summed E-state index contributed by atoms with van der Waals surface area (Å²) in [5, 5.41) is 4.70. The van der Waals surface area contributed by atoms with Gasteiger partial charge in [0.2, 0.25) is 0 Å². The first-order valence-electron chi connectivity index (χ1n) is 6.97. The van der Waals surface area contributed by atoms with E-state index >= 15 is 0 Å². The molecule has 1 aromatic carbocycles. The van der Waals surface area contributed by atoms with Gasteiger partial charge in [-0.05, 0) is 23.8 Å². The van der Waals surface area contributed by atoms with Crippen LogP contribution in [0.2, 0.25) is 0 Å². The molecule has 2 heterocycles. The molecule has 0 bridgehead atoms. The van der Waals surface area contributed by atoms with Gasteiger partial charge in [-0.2, -0.15) is 0 Å². The number of nitrogens with zero attached hydrogens (tertiary/aromatic N) is 1. The molecule has 3 rings (SSSR count). The Morgan fingerprint density at radius 3 is 2.65 bits per heavy atom. The van der Waals surface area contributed by atoms with Crippen molar-refractivity contribution in [2.75, 3.05) is 0 Å². The molecule has 1 N–H and O–H groups in total. The highest BCUT2D eigenvalue weighted by Gasteiger charge is 2.11. The number of fused-ring (bicyclic) bond motifs is 1. The average molecular weight is 266 g/mol. The van der Waals surface area contributed by atoms with Gasteiger partial charge in [-0.1, -0.05) is 25.1 Å². The molecule has 0 aliphatic heterocycles. The molecule has 0 spiro atoms. The maximum absolute atomic E-state index is 5.90. The second-order valence-electron chi connectivity index (χ2n) is 4.81. The lowest BCUT2D eigenvalue weighted by Crippen LogP contribution is -2.13. The Kier molecular flexibility index (Phi) is 3.79. The molecule has 3 nitrogen and oxygen atoms in total. The Hall–Kier alpha value is -2.13. The molecule has 20 heavy (non-hydrogen) atoms. The maximum Gasteiger partial charge on any atom is 0.134 e. The first-order valence-corrected chi connectivity index (χ1v) is 6.97. The van der Waals surface area contributed by atoms with Crippen LogP contribution in [-0.2, 0) is 19.5 Å². The van der Waals surface area contributed by atoms with E-state index in [0.29, 0.717) is 0 Å². The molecule has 0 radical (unpaired) electrons. The van der Waals surface area contributed by atoms with Crippen LogP contribution in [0.3, 0.4) is 0 Å². The monoisotopic (exact) mass is 266 g/mol. The fraction of sp³-hybridized carbons (Fsp3) is 0.235. The molecule has 2 aromatic heterocycles. The number of aromatic nitrogens is 1. The van der Waals surface area contributed by atoms with Crippen LogP contribution in [0, 0.1) is 0 Å². The summed E-state index contributed by atoms with van der Waals surface area (Å²) in [7, 11) is 0. The van der Waals surface area contributed by atoms with Gasteiger partial charge in [0.05, 0.1) is 0 Å². The Labute approximate surface area is 118 Å². The van der Waals surface area contributed by atoms with Crippen molar-refractivity contribution in [1.29, 1.82) is 0 Å². The van der Waals surface area contributed by atoms with Crippen molar-refractivity contribution in [3.63, 3.8) is 0 Å². The maximum atomic E-state index is 5.90. The van der Waals surface area contributed by atoms with E-state index < -0.39 is 0 Å². The van der Waals surface area contributed by atoms with Crippen molar-refractivity contribution in [3.05, 3.63) is 65.7 Å². The smallest absolute Gasteiger partial charge is 0.134 e. The number of para-hydroxylation sites is 1. The van der Waals surface area contributed by atoms with E-state index in [0.717, 1.165) is 30.9 Å². The van der Waals surface area contributed by atoms with E-state index in [-0.39, 0.29) is 0 Å². The number of aryl methyl sites for hydroxylation is 1. The fourth-order valence-corrected chi connectivity index (χ4v) is 2.46. The van der Waals surface area contributed by atoms with Gasteiger partial charge in [0.1, 0.15) is 11.3 Å². The average Bonchev–Trinajstić information content (AvgIpc) is 2.87. The zero-order valence-electron chi connectivity index (χ0n) is 11.6. The van der Waals surface area contributed by atoms with Crippen molar-refractivity contribution < 1.29 is 4.42 Å². The van der Waals surface area contributed by atoms with Gasteiger partial charge in [0, 0.05) is 42.9 Å². The molecule has 3 aromatic rings. The van der Waals surface area contributed by atoms with Gasteiger partial charge in [-0.15, -0.1) is 0 Å². The third-order valence-corrected chi connectivity index (χ3v) is 3.48. The summed E-state index contributed by atoms with van der Waals surface area (Å²) in [4.78, 5) is 4.03. The lowest BCUT2D eigenvalue weighted by molar-refractivity contribution is 0.544. The number of nitrogens with one attached hydrogen (secondary N) is 1. The van der Waals surface area contributed by atoms with Crippen LogP contribution < -0.4 is 5.32 Å². The van der Waals surface area contributed by atoms with E-state index in [4.69, 9.17) is 4.42 Å². The normalized spacial score (nSPS) is 11.1. The zero-order chi connectivity index (χ0) is 13.8. The van der Waals surface area contributed by atoms with Crippen molar-refractivity contribution in [3.8, 4) is 0 Å². The molecule has 3 heteroatoms. The second kappa shape index (κ2) is 5.88. The topological polar surface area (TPSA) is 38.1 Å². The summed E-state index contributed by atoms with van der Waals surface area (Å²) in [5.41, 5.74) is 3.49. The molecule has 0 atom stereocenters. The van der Waals surface area contributed by atoms with Crippen LogP contribution >= 0.6 is 0 Å². The van der Waals surface area contributed by atoms with Crippen molar-refractivity contribution in [2.45, 2.75) is 26.4 Å². The van der Waals surface area contributed by atoms with E-state index in [1.54, 1.807) is 0 Å². The van der Waals surface area contributed by atoms with Crippen molar-refractivity contribution in [1.82, 2.24) is 10.3 Å². The minimum atomic E-state index is 0.822. The summed E-state index contributed by atoms with van der Waals surface area (Å²) in [5.74, 6) is 1.08. The molecular weight excluding hydrogens is 248 g/mol. The standard InChI is InChI=1S/C17H18N2O/c1-2-16-15(14-5-3-4-6-17(14)20-16)12-19-11-13-7-9-18-10-8-13/h3-10,19H,2,11-12H2,1H3. The Balaban J connectivity index is 1.77. The van der Waals surface area contributed by atoms with Crippen LogP contribution in [-0.4, -0.2) is 4.98 Å². The van der Waals surface area contributed by atoms with Gasteiger partial charge in [0.25, 0.3) is 0 Å². The highest BCUT2D eigenvalue weighted by atomic mass is 16.3. The summed E-state index contributed by atoms with van der Waals surface area (Å²) in [6.07, 6.45) is 4.56. The molecule has 0 amide bonds. The van der Waals surface area contributed by atoms with Crippen molar-refractivity contribution >= 4 is 11.0 Å². The first kappa shape index (κ1) is 12.9. The number of hydrogen-bond acceptors (Lipinski definition) is 3. The molecule has 0 saturated heterocycles. The van der Waals surface area contributed by atoms with E-state index in [1.807, 2.05) is 36.7 Å².